The molecule has 0 saturated carbocycles. The van der Waals surface area contributed by atoms with Gasteiger partial charge in [-0.2, -0.15) is 13.2 Å². The van der Waals surface area contributed by atoms with Crippen LogP contribution in [0.1, 0.15) is 11.1 Å². The Bertz CT molecular complexity index is 346. The van der Waals surface area contributed by atoms with Crippen LogP contribution in [0.3, 0.4) is 0 Å². The van der Waals surface area contributed by atoms with Gasteiger partial charge >= 0.3 is 6.18 Å². The molecule has 0 amide bonds. The van der Waals surface area contributed by atoms with E-state index in [0.717, 1.165) is 6.07 Å². The molecule has 6 heteroatoms. The smallest absolute Gasteiger partial charge is 0.206 e. The Balaban J connectivity index is 3.46. The van der Waals surface area contributed by atoms with Crippen LogP contribution in [0.5, 0.6) is 0 Å². The molecule has 0 spiro atoms. The highest BCUT2D eigenvalue weighted by molar-refractivity contribution is 6.32. The van der Waals surface area contributed by atoms with E-state index in [9.17, 15) is 17.6 Å². The Morgan fingerprint density at radius 3 is 2.14 bits per heavy atom. The summed E-state index contributed by atoms with van der Waals surface area (Å²) in [5.74, 6) is -1.84. The quantitative estimate of drug-likeness (QED) is 0.514. The largest absolute Gasteiger partial charge is 0.419 e. The van der Waals surface area contributed by atoms with Gasteiger partial charge in [0.2, 0.25) is 0 Å². The van der Waals surface area contributed by atoms with Crippen LogP contribution in [0.25, 0.3) is 0 Å². The predicted octanol–water partition coefficient (Wildman–Crippen LogP) is 4.24. The van der Waals surface area contributed by atoms with Crippen molar-refractivity contribution in [3.05, 3.63) is 34.1 Å². The minimum atomic E-state index is -4.78. The summed E-state index contributed by atoms with van der Waals surface area (Å²) in [7, 11) is 0. The first-order chi connectivity index (χ1) is 6.38. The van der Waals surface area contributed by atoms with Crippen LogP contribution in [0.15, 0.2) is 12.1 Å². The summed E-state index contributed by atoms with van der Waals surface area (Å²) < 4.78 is 49.8. The molecular formula is C8H4Cl2F4. The van der Waals surface area contributed by atoms with Gasteiger partial charge in [-0.1, -0.05) is 11.6 Å². The Hall–Kier alpha value is -0.480. The Morgan fingerprint density at radius 1 is 1.21 bits per heavy atom. The Morgan fingerprint density at radius 2 is 1.79 bits per heavy atom. The molecule has 0 N–H and O–H groups in total. The molecule has 0 aliphatic rings. The second-order valence-corrected chi connectivity index (χ2v) is 3.19. The fourth-order valence-electron chi connectivity index (χ4n) is 1.03. The van der Waals surface area contributed by atoms with Gasteiger partial charge in [0.1, 0.15) is 5.82 Å². The highest BCUT2D eigenvalue weighted by atomic mass is 35.5. The summed E-state index contributed by atoms with van der Waals surface area (Å²) >= 11 is 10.7. The van der Waals surface area contributed by atoms with Gasteiger partial charge in [0.15, 0.2) is 0 Å². The topological polar surface area (TPSA) is 0 Å². The first-order valence-corrected chi connectivity index (χ1v) is 4.39. The second-order valence-electron chi connectivity index (χ2n) is 2.51. The average Bonchev–Trinajstić information content (AvgIpc) is 2.06. The maximum absolute atomic E-state index is 12.9. The van der Waals surface area contributed by atoms with Crippen molar-refractivity contribution < 1.29 is 17.6 Å². The molecule has 0 aliphatic heterocycles. The number of hydrogen-bond donors (Lipinski definition) is 0. The number of alkyl halides is 4. The molecule has 0 atom stereocenters. The molecule has 1 aromatic rings. The lowest BCUT2D eigenvalue weighted by molar-refractivity contribution is -0.140. The van der Waals surface area contributed by atoms with Crippen LogP contribution in [0, 0.1) is 5.82 Å². The first-order valence-electron chi connectivity index (χ1n) is 3.48. The van der Waals surface area contributed by atoms with E-state index in [1.807, 2.05) is 0 Å². The number of rotatable bonds is 1. The third-order valence-electron chi connectivity index (χ3n) is 1.62. The van der Waals surface area contributed by atoms with Crippen molar-refractivity contribution in [1.29, 1.82) is 0 Å². The van der Waals surface area contributed by atoms with E-state index < -0.39 is 29.0 Å². The highest BCUT2D eigenvalue weighted by Gasteiger charge is 2.37. The van der Waals surface area contributed by atoms with Gasteiger partial charge in [0.25, 0.3) is 0 Å². The van der Waals surface area contributed by atoms with E-state index in [1.54, 1.807) is 0 Å². The average molecular weight is 247 g/mol. The van der Waals surface area contributed by atoms with Gasteiger partial charge < -0.3 is 0 Å². The Kier molecular flexibility index (Phi) is 3.27. The number of hydrogen-bond acceptors (Lipinski definition) is 0. The summed E-state index contributed by atoms with van der Waals surface area (Å²) in [5.41, 5.74) is -1.82. The standard InChI is InChI=1S/C8H4Cl2F4/c9-3-4-5(10)1-2-6(11)7(4)8(12,13)14/h1-2H,3H2. The van der Waals surface area contributed by atoms with E-state index in [4.69, 9.17) is 23.2 Å². The predicted molar refractivity (Wildman–Crippen MR) is 46.0 cm³/mol. The molecule has 1 rings (SSSR count). The van der Waals surface area contributed by atoms with Crippen LogP contribution in [-0.4, -0.2) is 0 Å². The zero-order chi connectivity index (χ0) is 10.9. The Labute approximate surface area is 87.4 Å². The van der Waals surface area contributed by atoms with Crippen LogP contribution in [-0.2, 0) is 12.1 Å². The van der Waals surface area contributed by atoms with E-state index in [0.29, 0.717) is 6.07 Å². The van der Waals surface area contributed by atoms with Gasteiger partial charge in [-0.3, -0.25) is 0 Å². The summed E-state index contributed by atoms with van der Waals surface area (Å²) in [6, 6.07) is 1.71. The van der Waals surface area contributed by atoms with Crippen LogP contribution in [0.4, 0.5) is 17.6 Å². The molecule has 0 unspecified atom stereocenters. The van der Waals surface area contributed by atoms with Crippen LogP contribution in [0.2, 0.25) is 5.02 Å². The maximum Gasteiger partial charge on any atom is 0.419 e. The van der Waals surface area contributed by atoms with Crippen LogP contribution < -0.4 is 0 Å². The van der Waals surface area contributed by atoms with E-state index >= 15 is 0 Å². The summed E-state index contributed by atoms with van der Waals surface area (Å²) in [4.78, 5) is 0. The zero-order valence-corrected chi connectivity index (χ0v) is 8.14. The third kappa shape index (κ3) is 2.12. The maximum atomic E-state index is 12.9. The normalized spacial score (nSPS) is 11.9. The minimum Gasteiger partial charge on any atom is -0.206 e. The zero-order valence-electron chi connectivity index (χ0n) is 6.63. The van der Waals surface area contributed by atoms with Gasteiger partial charge in [-0.15, -0.1) is 11.6 Å². The fourth-order valence-corrected chi connectivity index (χ4v) is 1.60. The van der Waals surface area contributed by atoms with Crippen molar-refractivity contribution in [1.82, 2.24) is 0 Å². The molecule has 0 aromatic heterocycles. The van der Waals surface area contributed by atoms with E-state index in [1.165, 1.54) is 0 Å². The molecule has 0 nitrogen and oxygen atoms in total. The summed E-state index contributed by atoms with van der Waals surface area (Å²) in [6.45, 7) is 0. The first kappa shape index (κ1) is 11.6. The molecule has 0 aliphatic carbocycles. The summed E-state index contributed by atoms with van der Waals surface area (Å²) in [6.07, 6.45) is -4.78. The van der Waals surface area contributed by atoms with Crippen molar-refractivity contribution in [3.63, 3.8) is 0 Å². The van der Waals surface area contributed by atoms with E-state index in [-0.39, 0.29) is 5.02 Å². The summed E-state index contributed by atoms with van der Waals surface area (Å²) in [5, 5.41) is -0.186. The molecule has 78 valence electrons. The molecular weight excluding hydrogens is 243 g/mol. The molecule has 0 radical (unpaired) electrons. The number of halogens is 6. The van der Waals surface area contributed by atoms with Crippen molar-refractivity contribution in [2.24, 2.45) is 0 Å². The van der Waals surface area contributed by atoms with Crippen LogP contribution >= 0.6 is 23.2 Å². The molecule has 0 bridgehead atoms. The second kappa shape index (κ2) is 3.95. The molecule has 14 heavy (non-hydrogen) atoms. The van der Waals surface area contributed by atoms with Gasteiger partial charge in [0.05, 0.1) is 5.56 Å². The van der Waals surface area contributed by atoms with Crippen molar-refractivity contribution in [2.45, 2.75) is 12.1 Å². The van der Waals surface area contributed by atoms with E-state index in [2.05, 4.69) is 0 Å². The molecule has 0 heterocycles. The van der Waals surface area contributed by atoms with Gasteiger partial charge in [-0.25, -0.2) is 4.39 Å². The molecule has 0 fully saturated rings. The third-order valence-corrected chi connectivity index (χ3v) is 2.24. The fraction of sp³-hybridized carbons (Fsp3) is 0.250. The van der Waals surface area contributed by atoms with Crippen molar-refractivity contribution in [3.8, 4) is 0 Å². The molecule has 1 aromatic carbocycles. The number of benzene rings is 1. The molecule has 0 saturated heterocycles. The lowest BCUT2D eigenvalue weighted by Crippen LogP contribution is -2.11. The highest BCUT2D eigenvalue weighted by Crippen LogP contribution is 2.37. The van der Waals surface area contributed by atoms with Gasteiger partial charge in [-0.05, 0) is 12.1 Å². The monoisotopic (exact) mass is 246 g/mol. The SMILES string of the molecule is Fc1ccc(Cl)c(CCl)c1C(F)(F)F. The van der Waals surface area contributed by atoms with Crippen molar-refractivity contribution >= 4 is 23.2 Å². The lowest BCUT2D eigenvalue weighted by Gasteiger charge is -2.13. The van der Waals surface area contributed by atoms with Crippen molar-refractivity contribution in [2.75, 3.05) is 0 Å². The van der Waals surface area contributed by atoms with Gasteiger partial charge in [0, 0.05) is 16.5 Å². The minimum absolute atomic E-state index is 0.186. The lowest BCUT2D eigenvalue weighted by atomic mass is 10.1.